The second kappa shape index (κ2) is 3.64. The Hall–Kier alpha value is -1.99. The van der Waals surface area contributed by atoms with Crippen molar-refractivity contribution in [2.75, 3.05) is 18.0 Å². The number of nitrogens with one attached hydrogen (secondary N) is 1. The van der Waals surface area contributed by atoms with Crippen molar-refractivity contribution in [1.82, 2.24) is 30.0 Å². The van der Waals surface area contributed by atoms with Crippen molar-refractivity contribution in [3.05, 3.63) is 10.5 Å². The minimum atomic E-state index is -0.383. The number of tetrazole rings is 1. The zero-order valence-electron chi connectivity index (χ0n) is 8.51. The third kappa shape index (κ3) is 1.53. The summed E-state index contributed by atoms with van der Waals surface area (Å²) in [5.41, 5.74) is -0.383. The molecule has 8 nitrogen and oxygen atoms in total. The van der Waals surface area contributed by atoms with Gasteiger partial charge in [-0.3, -0.25) is 4.98 Å². The number of nitrogens with zero attached hydrogens (tertiary/aromatic N) is 6. The van der Waals surface area contributed by atoms with E-state index in [1.165, 1.54) is 0 Å². The van der Waals surface area contributed by atoms with E-state index < -0.39 is 0 Å². The van der Waals surface area contributed by atoms with Crippen molar-refractivity contribution in [2.24, 2.45) is 0 Å². The molecule has 0 amide bonds. The van der Waals surface area contributed by atoms with Crippen LogP contribution in [-0.2, 0) is 0 Å². The lowest BCUT2D eigenvalue weighted by Gasteiger charge is -2.17. The topological polar surface area (TPSA) is 92.1 Å². The molecule has 0 fully saturated rings. The molecule has 1 N–H and O–H groups in total. The molecule has 2 aromatic heterocycles. The zero-order valence-corrected chi connectivity index (χ0v) is 8.51. The van der Waals surface area contributed by atoms with E-state index in [0.717, 1.165) is 17.6 Å². The van der Waals surface area contributed by atoms with Gasteiger partial charge in [0.2, 0.25) is 5.95 Å². The summed E-state index contributed by atoms with van der Waals surface area (Å²) in [6.45, 7) is 5.49. The standard InChI is InChI=1S/C7H11N7O/c1-3-13(4-2)5-8-6-10-11-12-14(6)7(15)9-5/h3-4H2,1-2H3,(H,8,9,10,12,15). The molecule has 80 valence electrons. The van der Waals surface area contributed by atoms with Gasteiger partial charge in [-0.2, -0.15) is 4.98 Å². The highest BCUT2D eigenvalue weighted by atomic mass is 16.1. The normalized spacial score (nSPS) is 10.8. The molecule has 2 aromatic rings. The van der Waals surface area contributed by atoms with Crippen LogP contribution in [0.4, 0.5) is 5.95 Å². The average Bonchev–Trinajstić information content (AvgIpc) is 2.68. The van der Waals surface area contributed by atoms with Crippen LogP contribution in [0.1, 0.15) is 13.8 Å². The number of fused-ring (bicyclic) bond motifs is 1. The summed E-state index contributed by atoms with van der Waals surface area (Å²) >= 11 is 0. The van der Waals surface area contributed by atoms with Gasteiger partial charge in [0.1, 0.15) is 0 Å². The summed E-state index contributed by atoms with van der Waals surface area (Å²) in [6.07, 6.45) is 0. The van der Waals surface area contributed by atoms with Gasteiger partial charge in [0.05, 0.1) is 0 Å². The van der Waals surface area contributed by atoms with E-state index in [4.69, 9.17) is 0 Å². The molecule has 15 heavy (non-hydrogen) atoms. The van der Waals surface area contributed by atoms with E-state index in [1.807, 2.05) is 18.7 Å². The summed E-state index contributed by atoms with van der Waals surface area (Å²) in [7, 11) is 0. The van der Waals surface area contributed by atoms with Crippen molar-refractivity contribution in [1.29, 1.82) is 0 Å². The molecule has 0 spiro atoms. The van der Waals surface area contributed by atoms with Crippen molar-refractivity contribution >= 4 is 11.7 Å². The van der Waals surface area contributed by atoms with Crippen LogP contribution in [0.5, 0.6) is 0 Å². The lowest BCUT2D eigenvalue weighted by molar-refractivity contribution is 0.751. The zero-order chi connectivity index (χ0) is 10.8. The fourth-order valence-electron chi connectivity index (χ4n) is 1.33. The first kappa shape index (κ1) is 9.56. The summed E-state index contributed by atoms with van der Waals surface area (Å²) in [5, 5.41) is 10.5. The van der Waals surface area contributed by atoms with Crippen LogP contribution in [0.2, 0.25) is 0 Å². The van der Waals surface area contributed by atoms with Gasteiger partial charge in [-0.15, -0.1) is 4.52 Å². The third-order valence-electron chi connectivity index (χ3n) is 2.13. The van der Waals surface area contributed by atoms with Crippen molar-refractivity contribution in [2.45, 2.75) is 13.8 Å². The number of H-pyrrole nitrogens is 1. The smallest absolute Gasteiger partial charge is 0.343 e. The summed E-state index contributed by atoms with van der Waals surface area (Å²) < 4.78 is 1.02. The van der Waals surface area contributed by atoms with Crippen LogP contribution in [0, 0.1) is 0 Å². The highest BCUT2D eigenvalue weighted by molar-refractivity contribution is 5.35. The SMILES string of the molecule is CCN(CC)c1nc2nnnn2c(=O)[nH]1. The maximum absolute atomic E-state index is 11.5. The molecular formula is C7H11N7O. The Labute approximate surface area is 84.9 Å². The maximum atomic E-state index is 11.5. The predicted octanol–water partition coefficient (Wildman–Crippen LogP) is -0.946. The van der Waals surface area contributed by atoms with Crippen molar-refractivity contribution in [3.8, 4) is 0 Å². The van der Waals surface area contributed by atoms with Gasteiger partial charge in [-0.05, 0) is 24.3 Å². The van der Waals surface area contributed by atoms with Gasteiger partial charge >= 0.3 is 5.69 Å². The quantitative estimate of drug-likeness (QED) is 0.701. The first-order valence-electron chi connectivity index (χ1n) is 4.69. The Morgan fingerprint density at radius 1 is 1.40 bits per heavy atom. The van der Waals surface area contributed by atoms with Gasteiger partial charge in [0, 0.05) is 13.1 Å². The molecule has 2 heterocycles. The molecule has 0 radical (unpaired) electrons. The van der Waals surface area contributed by atoms with Crippen molar-refractivity contribution in [3.63, 3.8) is 0 Å². The maximum Gasteiger partial charge on any atom is 0.353 e. The molecule has 0 aromatic carbocycles. The van der Waals surface area contributed by atoms with Crippen molar-refractivity contribution < 1.29 is 0 Å². The second-order valence-corrected chi connectivity index (χ2v) is 2.93. The first-order chi connectivity index (χ1) is 7.26. The van der Waals surface area contributed by atoms with E-state index >= 15 is 0 Å². The molecular weight excluding hydrogens is 198 g/mol. The molecule has 0 aliphatic carbocycles. The number of hydrogen-bond acceptors (Lipinski definition) is 6. The molecule has 0 saturated heterocycles. The predicted molar refractivity (Wildman–Crippen MR) is 52.8 cm³/mol. The van der Waals surface area contributed by atoms with Crippen LogP contribution in [0.3, 0.4) is 0 Å². The van der Waals surface area contributed by atoms with Gasteiger partial charge in [-0.1, -0.05) is 5.10 Å². The summed E-state index contributed by atoms with van der Waals surface area (Å²) in [5.74, 6) is 0.702. The molecule has 8 heteroatoms. The highest BCUT2D eigenvalue weighted by Gasteiger charge is 2.09. The second-order valence-electron chi connectivity index (χ2n) is 2.93. The van der Waals surface area contributed by atoms with Gasteiger partial charge in [-0.25, -0.2) is 4.79 Å². The average molecular weight is 209 g/mol. The fourth-order valence-corrected chi connectivity index (χ4v) is 1.33. The van der Waals surface area contributed by atoms with E-state index in [1.54, 1.807) is 0 Å². The van der Waals surface area contributed by atoms with Gasteiger partial charge < -0.3 is 4.90 Å². The van der Waals surface area contributed by atoms with Crippen LogP contribution in [0.25, 0.3) is 5.78 Å². The molecule has 0 aliphatic heterocycles. The minimum Gasteiger partial charge on any atom is -0.343 e. The highest BCUT2D eigenvalue weighted by Crippen LogP contribution is 2.03. The molecule has 0 atom stereocenters. The van der Waals surface area contributed by atoms with Crippen LogP contribution in [-0.4, -0.2) is 43.1 Å². The van der Waals surface area contributed by atoms with Crippen LogP contribution < -0.4 is 10.6 Å². The third-order valence-corrected chi connectivity index (χ3v) is 2.13. The Morgan fingerprint density at radius 2 is 2.13 bits per heavy atom. The number of anilines is 1. The Kier molecular flexibility index (Phi) is 2.32. The monoisotopic (exact) mass is 209 g/mol. The lowest BCUT2D eigenvalue weighted by atomic mass is 10.5. The van der Waals surface area contributed by atoms with Gasteiger partial charge in [0.15, 0.2) is 0 Å². The lowest BCUT2D eigenvalue weighted by Crippen LogP contribution is -2.29. The Balaban J connectivity index is 2.58. The Morgan fingerprint density at radius 3 is 2.80 bits per heavy atom. The molecule has 2 rings (SSSR count). The number of aromatic nitrogens is 6. The van der Waals surface area contributed by atoms with E-state index in [-0.39, 0.29) is 11.5 Å². The number of aromatic amines is 1. The molecule has 0 aliphatic rings. The van der Waals surface area contributed by atoms with Crippen LogP contribution in [0.15, 0.2) is 4.79 Å². The molecule has 0 unspecified atom stereocenters. The molecule has 0 saturated carbocycles. The van der Waals surface area contributed by atoms with Crippen LogP contribution >= 0.6 is 0 Å². The Bertz CT molecular complexity index is 511. The fraction of sp³-hybridized carbons (Fsp3) is 0.571. The van der Waals surface area contributed by atoms with E-state index in [2.05, 4.69) is 25.5 Å². The van der Waals surface area contributed by atoms with E-state index in [0.29, 0.717) is 5.95 Å². The number of hydrogen-bond donors (Lipinski definition) is 1. The largest absolute Gasteiger partial charge is 0.353 e. The minimum absolute atomic E-state index is 0.209. The number of rotatable bonds is 3. The van der Waals surface area contributed by atoms with Gasteiger partial charge in [0.25, 0.3) is 5.78 Å². The van der Waals surface area contributed by atoms with E-state index in [9.17, 15) is 4.79 Å². The summed E-state index contributed by atoms with van der Waals surface area (Å²) in [4.78, 5) is 20.2. The molecule has 0 bridgehead atoms. The first-order valence-corrected chi connectivity index (χ1v) is 4.69. The summed E-state index contributed by atoms with van der Waals surface area (Å²) in [6, 6.07) is 0.